The largest absolute Gasteiger partial charge is 0.310 e. The van der Waals surface area contributed by atoms with E-state index in [2.05, 4.69) is 43.4 Å². The first-order chi connectivity index (χ1) is 9.14. The molecule has 1 aromatic rings. The summed E-state index contributed by atoms with van der Waals surface area (Å²) in [5.74, 6) is 0.783. The quantitative estimate of drug-likeness (QED) is 0.803. The summed E-state index contributed by atoms with van der Waals surface area (Å²) in [5, 5.41) is 3.62. The number of rotatable bonds is 2. The van der Waals surface area contributed by atoms with Gasteiger partial charge in [0.2, 0.25) is 0 Å². The molecular weight excluding hydrogens is 230 g/mol. The van der Waals surface area contributed by atoms with Crippen LogP contribution in [0.2, 0.25) is 0 Å². The van der Waals surface area contributed by atoms with E-state index in [0.29, 0.717) is 11.5 Å². The molecular formula is C18H27N. The summed E-state index contributed by atoms with van der Waals surface area (Å²) in [6, 6.07) is 10.0. The normalized spacial score (nSPS) is 30.4. The van der Waals surface area contributed by atoms with E-state index in [1.165, 1.54) is 50.6 Å². The van der Waals surface area contributed by atoms with Crippen LogP contribution < -0.4 is 5.32 Å². The summed E-state index contributed by atoms with van der Waals surface area (Å²) in [6.45, 7) is 6.05. The molecule has 3 rings (SSSR count). The van der Waals surface area contributed by atoms with Gasteiger partial charge in [-0.1, -0.05) is 44.5 Å². The topological polar surface area (TPSA) is 12.0 Å². The second-order valence-corrected chi connectivity index (χ2v) is 7.28. The van der Waals surface area contributed by atoms with Gasteiger partial charge in [0, 0.05) is 6.04 Å². The van der Waals surface area contributed by atoms with Crippen LogP contribution in [0.5, 0.6) is 0 Å². The molecule has 0 bridgehead atoms. The third-order valence-corrected chi connectivity index (χ3v) is 5.05. The second kappa shape index (κ2) is 5.28. The zero-order chi connectivity index (χ0) is 13.3. The van der Waals surface area contributed by atoms with Crippen LogP contribution in [-0.2, 0) is 0 Å². The van der Waals surface area contributed by atoms with E-state index in [0.717, 1.165) is 5.92 Å². The molecule has 1 N–H and O–H groups in total. The molecule has 0 radical (unpaired) electrons. The minimum atomic E-state index is 0.532. The summed E-state index contributed by atoms with van der Waals surface area (Å²) in [5.41, 5.74) is 3.63. The Kier molecular flexibility index (Phi) is 3.66. The van der Waals surface area contributed by atoms with Crippen molar-refractivity contribution in [3.8, 4) is 0 Å². The molecule has 1 heterocycles. The molecule has 0 amide bonds. The Balaban J connectivity index is 1.78. The van der Waals surface area contributed by atoms with Crippen LogP contribution in [0.1, 0.15) is 75.5 Å². The molecule has 2 atom stereocenters. The molecule has 1 aliphatic carbocycles. The average Bonchev–Trinajstić information content (AvgIpc) is 2.92. The van der Waals surface area contributed by atoms with Gasteiger partial charge in [-0.25, -0.2) is 0 Å². The maximum Gasteiger partial charge on any atom is 0.0320 e. The first-order valence-electron chi connectivity index (χ1n) is 7.97. The van der Waals surface area contributed by atoms with Gasteiger partial charge in [0.25, 0.3) is 0 Å². The average molecular weight is 257 g/mol. The van der Waals surface area contributed by atoms with Gasteiger partial charge in [-0.2, -0.15) is 0 Å². The van der Waals surface area contributed by atoms with E-state index >= 15 is 0 Å². The fraction of sp³-hybridized carbons (Fsp3) is 0.667. The number of hydrogen-bond acceptors (Lipinski definition) is 1. The fourth-order valence-corrected chi connectivity index (χ4v) is 3.98. The minimum Gasteiger partial charge on any atom is -0.310 e. The third kappa shape index (κ3) is 3.02. The molecule has 1 saturated heterocycles. The van der Waals surface area contributed by atoms with Gasteiger partial charge in [0.15, 0.2) is 0 Å². The predicted molar refractivity (Wildman–Crippen MR) is 81.4 cm³/mol. The number of benzene rings is 1. The van der Waals surface area contributed by atoms with Gasteiger partial charge in [-0.05, 0) is 61.1 Å². The van der Waals surface area contributed by atoms with Gasteiger partial charge < -0.3 is 5.32 Å². The molecule has 1 aromatic carbocycles. The summed E-state index contributed by atoms with van der Waals surface area (Å²) < 4.78 is 0. The summed E-state index contributed by atoms with van der Waals surface area (Å²) in [4.78, 5) is 0. The lowest BCUT2D eigenvalue weighted by atomic mass is 9.70. The van der Waals surface area contributed by atoms with Crippen LogP contribution in [0, 0.1) is 5.41 Å². The van der Waals surface area contributed by atoms with Gasteiger partial charge >= 0.3 is 0 Å². The molecule has 1 heteroatoms. The SMILES string of the molecule is CC1(C)CCCC(c2cccc(C3CCCN3)c2)C1. The Morgan fingerprint density at radius 1 is 1.11 bits per heavy atom. The van der Waals surface area contributed by atoms with Gasteiger partial charge in [-0.3, -0.25) is 0 Å². The molecule has 19 heavy (non-hydrogen) atoms. The summed E-state index contributed by atoms with van der Waals surface area (Å²) in [6.07, 6.45) is 8.15. The van der Waals surface area contributed by atoms with Crippen molar-refractivity contribution in [1.29, 1.82) is 0 Å². The molecule has 104 valence electrons. The van der Waals surface area contributed by atoms with Crippen LogP contribution in [0.25, 0.3) is 0 Å². The lowest BCUT2D eigenvalue weighted by Gasteiger charge is -2.35. The van der Waals surface area contributed by atoms with Crippen molar-refractivity contribution in [3.63, 3.8) is 0 Å². The van der Waals surface area contributed by atoms with Crippen LogP contribution in [0.3, 0.4) is 0 Å². The molecule has 2 unspecified atom stereocenters. The predicted octanol–water partition coefficient (Wildman–Crippen LogP) is 4.79. The van der Waals surface area contributed by atoms with Crippen molar-refractivity contribution in [2.24, 2.45) is 5.41 Å². The van der Waals surface area contributed by atoms with E-state index in [1.54, 1.807) is 5.56 Å². The Labute approximate surface area is 117 Å². The highest BCUT2D eigenvalue weighted by Gasteiger charge is 2.29. The first kappa shape index (κ1) is 13.2. The van der Waals surface area contributed by atoms with E-state index in [4.69, 9.17) is 0 Å². The number of hydrogen-bond donors (Lipinski definition) is 1. The second-order valence-electron chi connectivity index (χ2n) is 7.28. The lowest BCUT2D eigenvalue weighted by Crippen LogP contribution is -2.21. The molecule has 0 aromatic heterocycles. The van der Waals surface area contributed by atoms with Gasteiger partial charge in [0.05, 0.1) is 0 Å². The maximum atomic E-state index is 3.62. The zero-order valence-corrected chi connectivity index (χ0v) is 12.4. The zero-order valence-electron chi connectivity index (χ0n) is 12.4. The van der Waals surface area contributed by atoms with Crippen molar-refractivity contribution < 1.29 is 0 Å². The highest BCUT2D eigenvalue weighted by atomic mass is 14.9. The highest BCUT2D eigenvalue weighted by molar-refractivity contribution is 5.29. The van der Waals surface area contributed by atoms with Crippen LogP contribution in [0.15, 0.2) is 24.3 Å². The molecule has 2 fully saturated rings. The van der Waals surface area contributed by atoms with Crippen molar-refractivity contribution >= 4 is 0 Å². The lowest BCUT2D eigenvalue weighted by molar-refractivity contribution is 0.219. The molecule has 1 aliphatic heterocycles. The van der Waals surface area contributed by atoms with E-state index in [1.807, 2.05) is 0 Å². The minimum absolute atomic E-state index is 0.532. The van der Waals surface area contributed by atoms with E-state index in [9.17, 15) is 0 Å². The first-order valence-corrected chi connectivity index (χ1v) is 7.97. The summed E-state index contributed by atoms with van der Waals surface area (Å²) >= 11 is 0. The van der Waals surface area contributed by atoms with Crippen LogP contribution in [0.4, 0.5) is 0 Å². The Morgan fingerprint density at radius 2 is 1.95 bits per heavy atom. The van der Waals surface area contributed by atoms with Crippen LogP contribution in [-0.4, -0.2) is 6.54 Å². The van der Waals surface area contributed by atoms with Crippen molar-refractivity contribution in [3.05, 3.63) is 35.4 Å². The van der Waals surface area contributed by atoms with Crippen LogP contribution >= 0.6 is 0 Å². The standard InChI is InChI=1S/C18H27N/c1-18(2)10-4-8-16(13-18)14-6-3-7-15(12-14)17-9-5-11-19-17/h3,6-7,12,16-17,19H,4-5,8-11,13H2,1-2H3. The van der Waals surface area contributed by atoms with E-state index in [-0.39, 0.29) is 0 Å². The maximum absolute atomic E-state index is 3.62. The Hall–Kier alpha value is -0.820. The van der Waals surface area contributed by atoms with Crippen molar-refractivity contribution in [2.75, 3.05) is 6.54 Å². The van der Waals surface area contributed by atoms with Gasteiger partial charge in [-0.15, -0.1) is 0 Å². The fourth-order valence-electron chi connectivity index (χ4n) is 3.98. The van der Waals surface area contributed by atoms with Crippen molar-refractivity contribution in [1.82, 2.24) is 5.32 Å². The molecule has 1 saturated carbocycles. The third-order valence-electron chi connectivity index (χ3n) is 5.05. The monoisotopic (exact) mass is 257 g/mol. The molecule has 1 nitrogen and oxygen atoms in total. The Bertz CT molecular complexity index is 429. The summed E-state index contributed by atoms with van der Waals surface area (Å²) in [7, 11) is 0. The number of nitrogens with one attached hydrogen (secondary N) is 1. The molecule has 0 spiro atoms. The smallest absolute Gasteiger partial charge is 0.0320 e. The van der Waals surface area contributed by atoms with Crippen molar-refractivity contribution in [2.45, 2.75) is 64.3 Å². The Morgan fingerprint density at radius 3 is 2.68 bits per heavy atom. The molecule has 2 aliphatic rings. The van der Waals surface area contributed by atoms with Gasteiger partial charge in [0.1, 0.15) is 0 Å². The van der Waals surface area contributed by atoms with E-state index < -0.39 is 0 Å². The highest BCUT2D eigenvalue weighted by Crippen LogP contribution is 2.43.